The Morgan fingerprint density at radius 2 is 1.60 bits per heavy atom. The third-order valence-electron chi connectivity index (χ3n) is 8.51. The summed E-state index contributed by atoms with van der Waals surface area (Å²) in [6, 6.07) is 5.36. The standard InChI is InChI=1S/C31H36O14/c1-31(2,41)15-6-3-13(4-7-15)29(40)42-12-21-23(36)25(38)26(39)30(44-21)45-28-24(37)22-19(35)10-16(32)11-20(22)43-27(28)14-5-8-17(33)18(34)9-14/h5,8-11,13,15,21,23,25-26,30,32-36,38-39,41H,3-4,6-7,12H2,1-2H3. The number of ether oxygens (including phenoxy) is 3. The van der Waals surface area contributed by atoms with E-state index in [1.54, 1.807) is 13.8 Å². The number of carbonyl (C=O) groups excluding carboxylic acids is 1. The van der Waals surface area contributed by atoms with Gasteiger partial charge in [-0.2, -0.15) is 0 Å². The summed E-state index contributed by atoms with van der Waals surface area (Å²) in [4.78, 5) is 26.4. The summed E-state index contributed by atoms with van der Waals surface area (Å²) in [5.41, 5.74) is -2.13. The topological polar surface area (TPSA) is 237 Å². The molecule has 2 heterocycles. The van der Waals surface area contributed by atoms with Crippen molar-refractivity contribution in [2.24, 2.45) is 11.8 Å². The quantitative estimate of drug-likeness (QED) is 0.136. The van der Waals surface area contributed by atoms with Gasteiger partial charge in [-0.25, -0.2) is 0 Å². The second kappa shape index (κ2) is 12.4. The van der Waals surface area contributed by atoms with Crippen LogP contribution < -0.4 is 10.2 Å². The largest absolute Gasteiger partial charge is 0.508 e. The first-order valence-electron chi connectivity index (χ1n) is 14.5. The van der Waals surface area contributed by atoms with Crippen molar-refractivity contribution in [1.82, 2.24) is 0 Å². The van der Waals surface area contributed by atoms with Gasteiger partial charge in [0.05, 0.1) is 11.5 Å². The zero-order chi connectivity index (χ0) is 32.8. The molecule has 2 aromatic carbocycles. The summed E-state index contributed by atoms with van der Waals surface area (Å²) >= 11 is 0. The number of rotatable bonds is 7. The molecule has 1 saturated heterocycles. The minimum atomic E-state index is -1.92. The number of aromatic hydroxyl groups is 4. The van der Waals surface area contributed by atoms with E-state index in [0.29, 0.717) is 25.7 Å². The van der Waals surface area contributed by atoms with E-state index in [0.717, 1.165) is 24.3 Å². The van der Waals surface area contributed by atoms with E-state index >= 15 is 0 Å². The van der Waals surface area contributed by atoms with Crippen LogP contribution in [0.3, 0.4) is 0 Å². The van der Waals surface area contributed by atoms with E-state index in [4.69, 9.17) is 18.6 Å². The first kappa shape index (κ1) is 32.3. The fraction of sp³-hybridized carbons (Fsp3) is 0.484. The molecule has 45 heavy (non-hydrogen) atoms. The third kappa shape index (κ3) is 6.51. The van der Waals surface area contributed by atoms with Crippen molar-refractivity contribution in [2.45, 2.75) is 75.8 Å². The van der Waals surface area contributed by atoms with Crippen LogP contribution >= 0.6 is 0 Å². The van der Waals surface area contributed by atoms with Gasteiger partial charge in [0.15, 0.2) is 17.3 Å². The van der Waals surface area contributed by atoms with Crippen molar-refractivity contribution in [3.05, 3.63) is 40.6 Å². The normalized spacial score (nSPS) is 27.3. The SMILES string of the molecule is CC(C)(O)C1CCC(C(=O)OCC2OC(Oc3c(-c4ccc(O)c(O)c4)oc4cc(O)cc(O)c4c3=O)C(O)C(O)C2O)CC1. The fourth-order valence-electron chi connectivity index (χ4n) is 5.82. The van der Waals surface area contributed by atoms with E-state index in [2.05, 4.69) is 0 Å². The molecule has 14 heteroatoms. The molecule has 0 amide bonds. The van der Waals surface area contributed by atoms with E-state index in [9.17, 15) is 50.4 Å². The predicted octanol–water partition coefficient (Wildman–Crippen LogP) is 1.59. The monoisotopic (exact) mass is 632 g/mol. The maximum atomic E-state index is 13.6. The molecule has 1 saturated carbocycles. The van der Waals surface area contributed by atoms with E-state index in [-0.39, 0.29) is 22.8 Å². The molecule has 244 valence electrons. The lowest BCUT2D eigenvalue weighted by atomic mass is 9.75. The first-order valence-corrected chi connectivity index (χ1v) is 14.5. The first-order chi connectivity index (χ1) is 21.1. The third-order valence-corrected chi connectivity index (χ3v) is 8.51. The maximum Gasteiger partial charge on any atom is 0.309 e. The van der Waals surface area contributed by atoms with Crippen LogP contribution in [0.25, 0.3) is 22.3 Å². The zero-order valence-electron chi connectivity index (χ0n) is 24.5. The number of hydrogen-bond acceptors (Lipinski definition) is 14. The molecule has 5 rings (SSSR count). The molecular weight excluding hydrogens is 596 g/mol. The lowest BCUT2D eigenvalue weighted by molar-refractivity contribution is -0.279. The van der Waals surface area contributed by atoms with Crippen molar-refractivity contribution in [3.63, 3.8) is 0 Å². The molecule has 2 fully saturated rings. The number of benzene rings is 2. The Hall–Kier alpha value is -4.08. The van der Waals surface area contributed by atoms with Crippen LogP contribution in [-0.4, -0.2) is 89.7 Å². The van der Waals surface area contributed by atoms with Crippen molar-refractivity contribution in [2.75, 3.05) is 6.61 Å². The van der Waals surface area contributed by atoms with Gasteiger partial charge in [0.25, 0.3) is 0 Å². The van der Waals surface area contributed by atoms with Crippen molar-refractivity contribution in [1.29, 1.82) is 0 Å². The molecule has 5 unspecified atom stereocenters. The van der Waals surface area contributed by atoms with Gasteiger partial charge in [-0.15, -0.1) is 0 Å². The highest BCUT2D eigenvalue weighted by Gasteiger charge is 2.46. The van der Waals surface area contributed by atoms with Crippen LogP contribution in [0, 0.1) is 11.8 Å². The number of hydrogen-bond donors (Lipinski definition) is 8. The molecule has 1 aliphatic heterocycles. The highest BCUT2D eigenvalue weighted by Crippen LogP contribution is 2.40. The fourth-order valence-corrected chi connectivity index (χ4v) is 5.82. The van der Waals surface area contributed by atoms with Crippen molar-refractivity contribution >= 4 is 16.9 Å². The smallest absolute Gasteiger partial charge is 0.309 e. The van der Waals surface area contributed by atoms with Gasteiger partial charge in [0, 0.05) is 17.7 Å². The van der Waals surface area contributed by atoms with Gasteiger partial charge in [-0.1, -0.05) is 0 Å². The molecule has 1 aliphatic carbocycles. The lowest BCUT2D eigenvalue weighted by Crippen LogP contribution is -2.60. The highest BCUT2D eigenvalue weighted by molar-refractivity contribution is 5.88. The van der Waals surface area contributed by atoms with Crippen LogP contribution in [0.5, 0.6) is 28.7 Å². The van der Waals surface area contributed by atoms with Crippen LogP contribution in [0.1, 0.15) is 39.5 Å². The average molecular weight is 633 g/mol. The second-order valence-corrected chi connectivity index (χ2v) is 12.1. The molecule has 5 atom stereocenters. The van der Waals surface area contributed by atoms with Crippen molar-refractivity contribution in [3.8, 4) is 40.1 Å². The Kier molecular flexibility index (Phi) is 8.88. The zero-order valence-corrected chi connectivity index (χ0v) is 24.5. The summed E-state index contributed by atoms with van der Waals surface area (Å²) in [5.74, 6) is -4.13. The van der Waals surface area contributed by atoms with Crippen molar-refractivity contribution < 1.29 is 64.3 Å². The maximum absolute atomic E-state index is 13.6. The van der Waals surface area contributed by atoms with E-state index < -0.39 is 94.4 Å². The number of esters is 1. The highest BCUT2D eigenvalue weighted by atomic mass is 16.7. The number of phenolic OH excluding ortho intramolecular Hbond substituents is 4. The van der Waals surface area contributed by atoms with Crippen LogP contribution in [0.15, 0.2) is 39.5 Å². The van der Waals surface area contributed by atoms with Gasteiger partial charge in [0.2, 0.25) is 17.5 Å². The van der Waals surface area contributed by atoms with Crippen LogP contribution in [-0.2, 0) is 14.3 Å². The molecule has 8 N–H and O–H groups in total. The minimum absolute atomic E-state index is 0.00204. The van der Waals surface area contributed by atoms with Crippen LogP contribution in [0.2, 0.25) is 0 Å². The summed E-state index contributed by atoms with van der Waals surface area (Å²) in [5, 5.41) is 81.9. The molecule has 14 nitrogen and oxygen atoms in total. The van der Waals surface area contributed by atoms with E-state index in [1.165, 1.54) is 6.07 Å². The van der Waals surface area contributed by atoms with Gasteiger partial charge in [0.1, 0.15) is 53.5 Å². The number of fused-ring (bicyclic) bond motifs is 1. The molecule has 3 aromatic rings. The Morgan fingerprint density at radius 1 is 0.911 bits per heavy atom. The predicted molar refractivity (Wildman–Crippen MR) is 155 cm³/mol. The molecular formula is C31H36O14. The Morgan fingerprint density at radius 3 is 2.24 bits per heavy atom. The lowest BCUT2D eigenvalue weighted by Gasteiger charge is -2.40. The molecule has 1 aromatic heterocycles. The van der Waals surface area contributed by atoms with Crippen LogP contribution in [0.4, 0.5) is 0 Å². The Labute approximate surface area is 256 Å². The molecule has 0 bridgehead atoms. The summed E-state index contributed by atoms with van der Waals surface area (Å²) < 4.78 is 22.6. The Balaban J connectivity index is 1.40. The number of aliphatic hydroxyl groups excluding tert-OH is 3. The van der Waals surface area contributed by atoms with Gasteiger partial charge >= 0.3 is 5.97 Å². The van der Waals surface area contributed by atoms with Gasteiger partial charge in [-0.3, -0.25) is 9.59 Å². The minimum Gasteiger partial charge on any atom is -0.508 e. The average Bonchev–Trinajstić information content (AvgIpc) is 2.98. The number of phenols is 4. The summed E-state index contributed by atoms with van der Waals surface area (Å²) in [6.45, 7) is 2.92. The molecule has 0 radical (unpaired) electrons. The summed E-state index contributed by atoms with van der Waals surface area (Å²) in [7, 11) is 0. The molecule has 2 aliphatic rings. The summed E-state index contributed by atoms with van der Waals surface area (Å²) in [6.07, 6.45) is -6.51. The number of aliphatic hydroxyl groups is 4. The molecule has 0 spiro atoms. The van der Waals surface area contributed by atoms with Gasteiger partial charge < -0.3 is 59.5 Å². The van der Waals surface area contributed by atoms with E-state index in [1.807, 2.05) is 0 Å². The Bertz CT molecular complexity index is 1620. The second-order valence-electron chi connectivity index (χ2n) is 12.1. The number of carbonyl (C=O) groups is 1. The van der Waals surface area contributed by atoms with Gasteiger partial charge in [-0.05, 0) is 63.6 Å².